The molecule has 5 nitrogen and oxygen atoms in total. The fourth-order valence-corrected chi connectivity index (χ4v) is 3.72. The second-order valence-corrected chi connectivity index (χ2v) is 7.66. The van der Waals surface area contributed by atoms with Crippen LogP contribution in [0.25, 0.3) is 10.9 Å². The molecule has 1 aromatic heterocycles. The maximum absolute atomic E-state index is 12.9. The molecule has 1 aromatic carbocycles. The number of carbonyl (C=O) groups excluding carboxylic acids is 2. The van der Waals surface area contributed by atoms with E-state index in [4.69, 9.17) is 0 Å². The van der Waals surface area contributed by atoms with E-state index in [0.29, 0.717) is 31.8 Å². The maximum atomic E-state index is 12.9. The average Bonchev–Trinajstić information content (AvgIpc) is 2.77. The summed E-state index contributed by atoms with van der Waals surface area (Å²) in [7, 11) is 0. The SMILES string of the molecule is Cc1[nH]c2ccccc2c1CC(=O)N1CCCN(C(=O)CC(C)C)CC1. The largest absolute Gasteiger partial charge is 0.358 e. The first-order chi connectivity index (χ1) is 12.5. The fraction of sp³-hybridized carbons (Fsp3) is 0.524. The summed E-state index contributed by atoms with van der Waals surface area (Å²) in [6.07, 6.45) is 1.85. The molecule has 0 saturated carbocycles. The molecule has 1 aliphatic rings. The summed E-state index contributed by atoms with van der Waals surface area (Å²) >= 11 is 0. The van der Waals surface area contributed by atoms with Gasteiger partial charge in [-0.1, -0.05) is 32.0 Å². The van der Waals surface area contributed by atoms with E-state index in [0.717, 1.165) is 41.7 Å². The number of aryl methyl sites for hydroxylation is 1. The highest BCUT2D eigenvalue weighted by molar-refractivity contribution is 5.90. The molecule has 3 rings (SSSR count). The molecule has 0 bridgehead atoms. The molecule has 2 aromatic rings. The Morgan fingerprint density at radius 1 is 1.04 bits per heavy atom. The summed E-state index contributed by atoms with van der Waals surface area (Å²) in [5.74, 6) is 0.728. The fourth-order valence-electron chi connectivity index (χ4n) is 3.72. The lowest BCUT2D eigenvalue weighted by molar-refractivity contribution is -0.133. The third-order valence-electron chi connectivity index (χ3n) is 5.14. The molecule has 140 valence electrons. The van der Waals surface area contributed by atoms with Gasteiger partial charge in [0, 0.05) is 49.2 Å². The molecule has 2 amide bonds. The van der Waals surface area contributed by atoms with Crippen LogP contribution in [0, 0.1) is 12.8 Å². The molecule has 0 unspecified atom stereocenters. The zero-order valence-electron chi connectivity index (χ0n) is 16.0. The number of rotatable bonds is 4. The number of aromatic nitrogens is 1. The Balaban J connectivity index is 1.65. The second-order valence-electron chi connectivity index (χ2n) is 7.66. The lowest BCUT2D eigenvalue weighted by atomic mass is 10.1. The van der Waals surface area contributed by atoms with E-state index >= 15 is 0 Å². The molecular weight excluding hydrogens is 326 g/mol. The number of nitrogens with one attached hydrogen (secondary N) is 1. The number of hydrogen-bond donors (Lipinski definition) is 1. The van der Waals surface area contributed by atoms with Gasteiger partial charge >= 0.3 is 0 Å². The van der Waals surface area contributed by atoms with Crippen molar-refractivity contribution in [2.24, 2.45) is 5.92 Å². The van der Waals surface area contributed by atoms with Crippen molar-refractivity contribution in [3.05, 3.63) is 35.5 Å². The van der Waals surface area contributed by atoms with Crippen LogP contribution >= 0.6 is 0 Å². The van der Waals surface area contributed by atoms with Crippen LogP contribution in [0.5, 0.6) is 0 Å². The Bertz CT molecular complexity index is 794. The molecule has 1 N–H and O–H groups in total. The number of H-pyrrole nitrogens is 1. The molecule has 1 aliphatic heterocycles. The van der Waals surface area contributed by atoms with E-state index in [1.807, 2.05) is 34.9 Å². The van der Waals surface area contributed by atoms with Crippen LogP contribution in [-0.4, -0.2) is 52.8 Å². The van der Waals surface area contributed by atoms with Crippen LogP contribution in [0.2, 0.25) is 0 Å². The van der Waals surface area contributed by atoms with E-state index in [2.05, 4.69) is 24.9 Å². The maximum Gasteiger partial charge on any atom is 0.227 e. The first-order valence-corrected chi connectivity index (χ1v) is 9.57. The molecule has 5 heteroatoms. The van der Waals surface area contributed by atoms with Crippen molar-refractivity contribution in [1.82, 2.24) is 14.8 Å². The van der Waals surface area contributed by atoms with E-state index in [9.17, 15) is 9.59 Å². The zero-order valence-corrected chi connectivity index (χ0v) is 16.0. The standard InChI is InChI=1S/C21H29N3O2/c1-15(2)13-20(25)23-9-6-10-24(12-11-23)21(26)14-18-16(3)22-19-8-5-4-7-17(18)19/h4-5,7-8,15,22H,6,9-14H2,1-3H3. The molecule has 0 atom stereocenters. The number of nitrogens with zero attached hydrogens (tertiary/aromatic N) is 2. The molecule has 26 heavy (non-hydrogen) atoms. The normalized spacial score (nSPS) is 15.5. The van der Waals surface area contributed by atoms with E-state index < -0.39 is 0 Å². The van der Waals surface area contributed by atoms with Gasteiger partial charge in [-0.15, -0.1) is 0 Å². The third-order valence-corrected chi connectivity index (χ3v) is 5.14. The van der Waals surface area contributed by atoms with Crippen molar-refractivity contribution in [2.75, 3.05) is 26.2 Å². The summed E-state index contributed by atoms with van der Waals surface area (Å²) in [5.41, 5.74) is 3.22. The summed E-state index contributed by atoms with van der Waals surface area (Å²) in [5, 5.41) is 1.13. The van der Waals surface area contributed by atoms with Crippen molar-refractivity contribution >= 4 is 22.7 Å². The Kier molecular flexibility index (Phi) is 5.64. The van der Waals surface area contributed by atoms with Crippen LogP contribution < -0.4 is 0 Å². The van der Waals surface area contributed by atoms with Crippen LogP contribution in [0.1, 0.15) is 37.9 Å². The average molecular weight is 355 g/mol. The first kappa shape index (κ1) is 18.5. The Morgan fingerprint density at radius 3 is 2.38 bits per heavy atom. The van der Waals surface area contributed by atoms with Crippen molar-refractivity contribution in [3.8, 4) is 0 Å². The molecular formula is C21H29N3O2. The number of hydrogen-bond acceptors (Lipinski definition) is 2. The molecule has 0 aliphatic carbocycles. The number of carbonyl (C=O) groups is 2. The second kappa shape index (κ2) is 7.94. The number of amides is 2. The highest BCUT2D eigenvalue weighted by Crippen LogP contribution is 2.23. The molecule has 1 fully saturated rings. The molecule has 2 heterocycles. The lowest BCUT2D eigenvalue weighted by Gasteiger charge is -2.23. The van der Waals surface area contributed by atoms with Gasteiger partial charge < -0.3 is 14.8 Å². The quantitative estimate of drug-likeness (QED) is 0.916. The van der Waals surface area contributed by atoms with Crippen molar-refractivity contribution < 1.29 is 9.59 Å². The minimum absolute atomic E-state index is 0.149. The van der Waals surface area contributed by atoms with Gasteiger partial charge in [-0.3, -0.25) is 9.59 Å². The zero-order chi connectivity index (χ0) is 18.7. The molecule has 0 radical (unpaired) electrons. The minimum Gasteiger partial charge on any atom is -0.358 e. The Hall–Kier alpha value is -2.30. The van der Waals surface area contributed by atoms with Gasteiger partial charge in [0.2, 0.25) is 11.8 Å². The monoisotopic (exact) mass is 355 g/mol. The van der Waals surface area contributed by atoms with Gasteiger partial charge in [-0.2, -0.15) is 0 Å². The lowest BCUT2D eigenvalue weighted by Crippen LogP contribution is -2.38. The van der Waals surface area contributed by atoms with Gasteiger partial charge in [-0.25, -0.2) is 0 Å². The van der Waals surface area contributed by atoms with Crippen molar-refractivity contribution in [1.29, 1.82) is 0 Å². The summed E-state index contributed by atoms with van der Waals surface area (Å²) in [4.78, 5) is 32.4. The van der Waals surface area contributed by atoms with Crippen LogP contribution in [0.3, 0.4) is 0 Å². The number of fused-ring (bicyclic) bond motifs is 1. The van der Waals surface area contributed by atoms with E-state index in [1.54, 1.807) is 0 Å². The topological polar surface area (TPSA) is 56.4 Å². The first-order valence-electron chi connectivity index (χ1n) is 9.57. The summed E-state index contributed by atoms with van der Waals surface area (Å²) in [6, 6.07) is 8.12. The number of benzene rings is 1. The number of aromatic amines is 1. The van der Waals surface area contributed by atoms with Crippen LogP contribution in [-0.2, 0) is 16.0 Å². The Morgan fingerprint density at radius 2 is 1.69 bits per heavy atom. The highest BCUT2D eigenvalue weighted by Gasteiger charge is 2.23. The van der Waals surface area contributed by atoms with Crippen LogP contribution in [0.4, 0.5) is 0 Å². The van der Waals surface area contributed by atoms with Crippen LogP contribution in [0.15, 0.2) is 24.3 Å². The van der Waals surface area contributed by atoms with Gasteiger partial charge in [0.05, 0.1) is 6.42 Å². The van der Waals surface area contributed by atoms with Crippen molar-refractivity contribution in [2.45, 2.75) is 40.0 Å². The smallest absolute Gasteiger partial charge is 0.227 e. The predicted molar refractivity (Wildman–Crippen MR) is 104 cm³/mol. The number of para-hydroxylation sites is 1. The van der Waals surface area contributed by atoms with Gasteiger partial charge in [-0.05, 0) is 30.9 Å². The third kappa shape index (κ3) is 4.09. The summed E-state index contributed by atoms with van der Waals surface area (Å²) < 4.78 is 0. The van der Waals surface area contributed by atoms with E-state index in [-0.39, 0.29) is 11.8 Å². The van der Waals surface area contributed by atoms with E-state index in [1.165, 1.54) is 0 Å². The van der Waals surface area contributed by atoms with Gasteiger partial charge in [0.25, 0.3) is 0 Å². The molecule has 0 spiro atoms. The van der Waals surface area contributed by atoms with Crippen molar-refractivity contribution in [3.63, 3.8) is 0 Å². The predicted octanol–water partition coefficient (Wildman–Crippen LogP) is 3.13. The minimum atomic E-state index is 0.149. The Labute approximate surface area is 155 Å². The molecule has 1 saturated heterocycles. The summed E-state index contributed by atoms with van der Waals surface area (Å²) in [6.45, 7) is 8.91. The van der Waals surface area contributed by atoms with Gasteiger partial charge in [0.15, 0.2) is 0 Å². The van der Waals surface area contributed by atoms with Gasteiger partial charge in [0.1, 0.15) is 0 Å². The highest BCUT2D eigenvalue weighted by atomic mass is 16.2.